The SMILES string of the molecule is COC(CN)CC(=O)OCCOc1ccccc1. The summed E-state index contributed by atoms with van der Waals surface area (Å²) in [7, 11) is 1.52. The van der Waals surface area contributed by atoms with E-state index in [1.807, 2.05) is 30.3 Å². The molecular formula is C13H19NO4. The predicted octanol–water partition coefficient (Wildman–Crippen LogP) is 0.972. The highest BCUT2D eigenvalue weighted by Crippen LogP contribution is 2.07. The lowest BCUT2D eigenvalue weighted by molar-refractivity contribution is -0.146. The highest BCUT2D eigenvalue weighted by Gasteiger charge is 2.12. The quantitative estimate of drug-likeness (QED) is 0.552. The van der Waals surface area contributed by atoms with Gasteiger partial charge in [0, 0.05) is 13.7 Å². The van der Waals surface area contributed by atoms with Crippen molar-refractivity contribution in [1.29, 1.82) is 0 Å². The van der Waals surface area contributed by atoms with Gasteiger partial charge in [0.15, 0.2) is 0 Å². The van der Waals surface area contributed by atoms with Crippen molar-refractivity contribution in [3.05, 3.63) is 30.3 Å². The molecule has 1 unspecified atom stereocenters. The number of hydrogen-bond acceptors (Lipinski definition) is 5. The van der Waals surface area contributed by atoms with Crippen molar-refractivity contribution in [1.82, 2.24) is 0 Å². The third kappa shape index (κ3) is 5.65. The van der Waals surface area contributed by atoms with Crippen molar-refractivity contribution in [2.75, 3.05) is 26.9 Å². The van der Waals surface area contributed by atoms with Crippen LogP contribution in [0.1, 0.15) is 6.42 Å². The van der Waals surface area contributed by atoms with Gasteiger partial charge in [0.2, 0.25) is 0 Å². The van der Waals surface area contributed by atoms with E-state index in [-0.39, 0.29) is 25.1 Å². The van der Waals surface area contributed by atoms with E-state index in [1.54, 1.807) is 0 Å². The summed E-state index contributed by atoms with van der Waals surface area (Å²) >= 11 is 0. The van der Waals surface area contributed by atoms with Crippen molar-refractivity contribution < 1.29 is 19.0 Å². The maximum atomic E-state index is 11.4. The number of rotatable bonds is 8. The summed E-state index contributed by atoms with van der Waals surface area (Å²) in [4.78, 5) is 11.4. The molecular weight excluding hydrogens is 234 g/mol. The van der Waals surface area contributed by atoms with Gasteiger partial charge in [0.1, 0.15) is 19.0 Å². The normalized spacial score (nSPS) is 11.9. The Kier molecular flexibility index (Phi) is 6.83. The fourth-order valence-electron chi connectivity index (χ4n) is 1.34. The molecule has 0 aliphatic heterocycles. The lowest BCUT2D eigenvalue weighted by Crippen LogP contribution is -2.26. The van der Waals surface area contributed by atoms with Gasteiger partial charge >= 0.3 is 5.97 Å². The third-order valence-electron chi connectivity index (χ3n) is 2.35. The van der Waals surface area contributed by atoms with Gasteiger partial charge in [0.25, 0.3) is 0 Å². The minimum atomic E-state index is -0.330. The van der Waals surface area contributed by atoms with Crippen molar-refractivity contribution in [3.63, 3.8) is 0 Å². The summed E-state index contributed by atoms with van der Waals surface area (Å²) in [5, 5.41) is 0. The van der Waals surface area contributed by atoms with Crippen molar-refractivity contribution >= 4 is 5.97 Å². The van der Waals surface area contributed by atoms with Gasteiger partial charge in [-0.1, -0.05) is 18.2 Å². The average Bonchev–Trinajstić information content (AvgIpc) is 2.42. The highest BCUT2D eigenvalue weighted by molar-refractivity contribution is 5.69. The van der Waals surface area contributed by atoms with Crippen LogP contribution in [0.3, 0.4) is 0 Å². The zero-order chi connectivity index (χ0) is 13.2. The lowest BCUT2D eigenvalue weighted by atomic mass is 10.2. The molecule has 1 aromatic carbocycles. The van der Waals surface area contributed by atoms with Gasteiger partial charge in [-0.3, -0.25) is 4.79 Å². The summed E-state index contributed by atoms with van der Waals surface area (Å²) < 4.78 is 15.4. The molecule has 5 heteroatoms. The van der Waals surface area contributed by atoms with E-state index >= 15 is 0 Å². The Morgan fingerprint density at radius 3 is 2.61 bits per heavy atom. The molecule has 0 saturated carbocycles. The Labute approximate surface area is 107 Å². The minimum Gasteiger partial charge on any atom is -0.490 e. The molecule has 1 aromatic rings. The van der Waals surface area contributed by atoms with Gasteiger partial charge in [-0.2, -0.15) is 0 Å². The molecule has 0 amide bonds. The van der Waals surface area contributed by atoms with Crippen LogP contribution in [0.15, 0.2) is 30.3 Å². The molecule has 0 fully saturated rings. The highest BCUT2D eigenvalue weighted by atomic mass is 16.6. The molecule has 0 aliphatic carbocycles. The molecule has 100 valence electrons. The number of esters is 1. The Morgan fingerprint density at radius 1 is 1.28 bits per heavy atom. The second-order valence-electron chi connectivity index (χ2n) is 3.68. The van der Waals surface area contributed by atoms with Crippen LogP contribution in [-0.2, 0) is 14.3 Å². The summed E-state index contributed by atoms with van der Waals surface area (Å²) in [6.07, 6.45) is -0.120. The van der Waals surface area contributed by atoms with Gasteiger partial charge in [-0.15, -0.1) is 0 Å². The zero-order valence-corrected chi connectivity index (χ0v) is 10.5. The van der Waals surface area contributed by atoms with E-state index in [1.165, 1.54) is 7.11 Å². The number of nitrogens with two attached hydrogens (primary N) is 1. The number of para-hydroxylation sites is 1. The molecule has 1 rings (SSSR count). The van der Waals surface area contributed by atoms with Crippen LogP contribution in [0.5, 0.6) is 5.75 Å². The molecule has 0 spiro atoms. The number of carbonyl (C=O) groups is 1. The van der Waals surface area contributed by atoms with Gasteiger partial charge in [-0.25, -0.2) is 0 Å². The molecule has 18 heavy (non-hydrogen) atoms. The molecule has 0 radical (unpaired) electrons. The number of ether oxygens (including phenoxy) is 3. The van der Waals surface area contributed by atoms with Crippen LogP contribution in [0, 0.1) is 0 Å². The molecule has 5 nitrogen and oxygen atoms in total. The van der Waals surface area contributed by atoms with Gasteiger partial charge < -0.3 is 19.9 Å². The molecule has 0 heterocycles. The summed E-state index contributed by atoms with van der Waals surface area (Å²) in [6, 6.07) is 9.36. The van der Waals surface area contributed by atoms with Crippen LogP contribution in [-0.4, -0.2) is 38.9 Å². The lowest BCUT2D eigenvalue weighted by Gasteiger charge is -2.12. The van der Waals surface area contributed by atoms with Crippen LogP contribution < -0.4 is 10.5 Å². The van der Waals surface area contributed by atoms with E-state index in [9.17, 15) is 4.79 Å². The van der Waals surface area contributed by atoms with Crippen LogP contribution in [0.25, 0.3) is 0 Å². The van der Waals surface area contributed by atoms with E-state index in [2.05, 4.69) is 0 Å². The molecule has 0 aliphatic rings. The molecule has 2 N–H and O–H groups in total. The second-order valence-corrected chi connectivity index (χ2v) is 3.68. The molecule has 0 aromatic heterocycles. The standard InChI is InChI=1S/C13H19NO4/c1-16-12(10-14)9-13(15)18-8-7-17-11-5-3-2-4-6-11/h2-6,12H,7-10,14H2,1H3. The minimum absolute atomic E-state index is 0.165. The van der Waals surface area contributed by atoms with Crippen LogP contribution in [0.2, 0.25) is 0 Å². The number of benzene rings is 1. The summed E-state index contributed by atoms with van der Waals surface area (Å²) in [6.45, 7) is 0.844. The monoisotopic (exact) mass is 253 g/mol. The van der Waals surface area contributed by atoms with Crippen LogP contribution >= 0.6 is 0 Å². The number of methoxy groups -OCH3 is 1. The smallest absolute Gasteiger partial charge is 0.308 e. The molecule has 0 saturated heterocycles. The predicted molar refractivity (Wildman–Crippen MR) is 67.4 cm³/mol. The Balaban J connectivity index is 2.12. The van der Waals surface area contributed by atoms with E-state index in [4.69, 9.17) is 19.9 Å². The Morgan fingerprint density at radius 2 is 2.00 bits per heavy atom. The first-order valence-corrected chi connectivity index (χ1v) is 5.82. The first-order valence-electron chi connectivity index (χ1n) is 5.82. The maximum Gasteiger partial charge on any atom is 0.308 e. The Hall–Kier alpha value is -1.59. The Bertz CT molecular complexity index is 338. The first-order chi connectivity index (χ1) is 8.76. The topological polar surface area (TPSA) is 70.8 Å². The summed E-state index contributed by atoms with van der Waals surface area (Å²) in [5.74, 6) is 0.425. The average molecular weight is 253 g/mol. The van der Waals surface area contributed by atoms with Gasteiger partial charge in [-0.05, 0) is 12.1 Å². The van der Waals surface area contributed by atoms with Crippen molar-refractivity contribution in [2.24, 2.45) is 5.73 Å². The zero-order valence-electron chi connectivity index (χ0n) is 10.5. The summed E-state index contributed by atoms with van der Waals surface area (Å²) in [5.41, 5.74) is 5.40. The largest absolute Gasteiger partial charge is 0.490 e. The second kappa shape index (κ2) is 8.49. The van der Waals surface area contributed by atoms with Gasteiger partial charge in [0.05, 0.1) is 12.5 Å². The van der Waals surface area contributed by atoms with Crippen molar-refractivity contribution in [3.8, 4) is 5.75 Å². The van der Waals surface area contributed by atoms with Crippen molar-refractivity contribution in [2.45, 2.75) is 12.5 Å². The van der Waals surface area contributed by atoms with Crippen LogP contribution in [0.4, 0.5) is 0 Å². The fraction of sp³-hybridized carbons (Fsp3) is 0.462. The fourth-order valence-corrected chi connectivity index (χ4v) is 1.34. The first kappa shape index (κ1) is 14.5. The number of hydrogen-bond donors (Lipinski definition) is 1. The maximum absolute atomic E-state index is 11.4. The third-order valence-corrected chi connectivity index (χ3v) is 2.35. The number of carbonyl (C=O) groups excluding carboxylic acids is 1. The molecule has 0 bridgehead atoms. The van der Waals surface area contributed by atoms with E-state index in [0.29, 0.717) is 13.2 Å². The molecule has 1 atom stereocenters. The van der Waals surface area contributed by atoms with E-state index in [0.717, 1.165) is 5.75 Å². The van der Waals surface area contributed by atoms with E-state index < -0.39 is 0 Å².